The summed E-state index contributed by atoms with van der Waals surface area (Å²) in [5, 5.41) is 21.1. The lowest BCUT2D eigenvalue weighted by Gasteiger charge is -2.10. The number of carbonyl (C=O) groups is 1. The van der Waals surface area contributed by atoms with Gasteiger partial charge in [-0.2, -0.15) is 0 Å². The number of pyridine rings is 1. The molecule has 1 amide bonds. The fourth-order valence-electron chi connectivity index (χ4n) is 3.33. The molecule has 0 aliphatic heterocycles. The first-order chi connectivity index (χ1) is 15.5. The van der Waals surface area contributed by atoms with E-state index in [-0.39, 0.29) is 41.3 Å². The van der Waals surface area contributed by atoms with Gasteiger partial charge in [0, 0.05) is 24.7 Å². The standard InChI is InChI=1S/C22H18FN5O4/c1-13-20-15(12-18(26-22(20)32-27-13)14-6-2-3-7-16(14)23)21(29)25-11-10-24-17-8-4-5-9-19(17)28(30)31/h2-9,12,24H,10-11H2,1H3,(H,25,29). The normalized spacial score (nSPS) is 10.8. The second-order valence-electron chi connectivity index (χ2n) is 6.94. The molecule has 0 fully saturated rings. The van der Waals surface area contributed by atoms with Crippen molar-refractivity contribution in [3.05, 3.63) is 81.8 Å². The van der Waals surface area contributed by atoms with Crippen LogP contribution in [0.2, 0.25) is 0 Å². The molecule has 0 saturated carbocycles. The molecule has 0 radical (unpaired) electrons. The van der Waals surface area contributed by atoms with E-state index in [1.807, 2.05) is 0 Å². The van der Waals surface area contributed by atoms with Gasteiger partial charge in [0.25, 0.3) is 17.3 Å². The number of rotatable bonds is 7. The fourth-order valence-corrected chi connectivity index (χ4v) is 3.33. The van der Waals surface area contributed by atoms with Gasteiger partial charge in [-0.15, -0.1) is 0 Å². The number of halogens is 1. The molecule has 32 heavy (non-hydrogen) atoms. The van der Waals surface area contributed by atoms with Crippen molar-refractivity contribution >= 4 is 28.4 Å². The summed E-state index contributed by atoms with van der Waals surface area (Å²) in [5.74, 6) is -0.902. The van der Waals surface area contributed by atoms with E-state index in [2.05, 4.69) is 20.8 Å². The zero-order valence-electron chi connectivity index (χ0n) is 17.0. The predicted molar refractivity (Wildman–Crippen MR) is 116 cm³/mol. The number of aromatic nitrogens is 2. The van der Waals surface area contributed by atoms with Crippen LogP contribution in [0.25, 0.3) is 22.4 Å². The summed E-state index contributed by atoms with van der Waals surface area (Å²) in [6.45, 7) is 2.13. The summed E-state index contributed by atoms with van der Waals surface area (Å²) in [6.07, 6.45) is 0. The van der Waals surface area contributed by atoms with Crippen LogP contribution < -0.4 is 10.6 Å². The molecular formula is C22H18FN5O4. The molecule has 0 spiro atoms. The third-order valence-electron chi connectivity index (χ3n) is 4.84. The second-order valence-corrected chi connectivity index (χ2v) is 6.94. The molecule has 0 bridgehead atoms. The van der Waals surface area contributed by atoms with Gasteiger partial charge in [-0.05, 0) is 31.2 Å². The van der Waals surface area contributed by atoms with Crippen LogP contribution in [0.3, 0.4) is 0 Å². The number of benzene rings is 2. The number of nitro groups is 1. The number of para-hydroxylation sites is 2. The van der Waals surface area contributed by atoms with Gasteiger partial charge in [-0.1, -0.05) is 29.4 Å². The monoisotopic (exact) mass is 435 g/mol. The highest BCUT2D eigenvalue weighted by Crippen LogP contribution is 2.28. The molecule has 162 valence electrons. The predicted octanol–water partition coefficient (Wildman–Crippen LogP) is 4.09. The Bertz CT molecular complexity index is 1320. The van der Waals surface area contributed by atoms with Crippen molar-refractivity contribution in [2.45, 2.75) is 6.92 Å². The molecule has 2 heterocycles. The number of amides is 1. The van der Waals surface area contributed by atoms with Crippen LogP contribution in [0, 0.1) is 22.9 Å². The van der Waals surface area contributed by atoms with Crippen molar-refractivity contribution in [3.63, 3.8) is 0 Å². The van der Waals surface area contributed by atoms with Gasteiger partial charge in [0.15, 0.2) is 0 Å². The van der Waals surface area contributed by atoms with Crippen LogP contribution in [-0.4, -0.2) is 34.1 Å². The molecule has 4 aromatic rings. The summed E-state index contributed by atoms with van der Waals surface area (Å²) in [6, 6.07) is 13.8. The van der Waals surface area contributed by atoms with E-state index in [9.17, 15) is 19.3 Å². The molecule has 0 saturated heterocycles. The van der Waals surface area contributed by atoms with E-state index in [0.29, 0.717) is 16.8 Å². The maximum absolute atomic E-state index is 14.3. The molecule has 2 N–H and O–H groups in total. The maximum atomic E-state index is 14.3. The lowest BCUT2D eigenvalue weighted by atomic mass is 10.0. The Labute approximate surface area is 181 Å². The topological polar surface area (TPSA) is 123 Å². The van der Waals surface area contributed by atoms with Crippen LogP contribution in [0.4, 0.5) is 15.8 Å². The quantitative estimate of drug-likeness (QED) is 0.255. The first-order valence-corrected chi connectivity index (χ1v) is 9.73. The number of fused-ring (bicyclic) bond motifs is 1. The van der Waals surface area contributed by atoms with Gasteiger partial charge in [-0.25, -0.2) is 9.37 Å². The van der Waals surface area contributed by atoms with Crippen molar-refractivity contribution in [2.75, 3.05) is 18.4 Å². The molecule has 0 unspecified atom stereocenters. The average Bonchev–Trinajstić information content (AvgIpc) is 3.17. The average molecular weight is 435 g/mol. The van der Waals surface area contributed by atoms with Gasteiger partial charge in [0.05, 0.1) is 27.3 Å². The van der Waals surface area contributed by atoms with E-state index in [1.165, 1.54) is 18.2 Å². The molecule has 2 aromatic heterocycles. The van der Waals surface area contributed by atoms with E-state index >= 15 is 0 Å². The van der Waals surface area contributed by atoms with Crippen LogP contribution in [0.1, 0.15) is 16.1 Å². The van der Waals surface area contributed by atoms with Gasteiger partial charge >= 0.3 is 0 Å². The Morgan fingerprint density at radius 3 is 2.69 bits per heavy atom. The van der Waals surface area contributed by atoms with Crippen molar-refractivity contribution in [2.24, 2.45) is 0 Å². The number of aryl methyl sites for hydroxylation is 1. The van der Waals surface area contributed by atoms with E-state index < -0.39 is 16.6 Å². The van der Waals surface area contributed by atoms with Crippen molar-refractivity contribution in [3.8, 4) is 11.3 Å². The molecule has 2 aromatic carbocycles. The van der Waals surface area contributed by atoms with Crippen molar-refractivity contribution < 1.29 is 18.6 Å². The van der Waals surface area contributed by atoms with E-state index in [0.717, 1.165) is 0 Å². The summed E-state index contributed by atoms with van der Waals surface area (Å²) >= 11 is 0. The summed E-state index contributed by atoms with van der Waals surface area (Å²) in [7, 11) is 0. The van der Waals surface area contributed by atoms with E-state index in [1.54, 1.807) is 43.3 Å². The molecular weight excluding hydrogens is 417 g/mol. The third kappa shape index (κ3) is 4.10. The van der Waals surface area contributed by atoms with Crippen molar-refractivity contribution in [1.82, 2.24) is 15.5 Å². The lowest BCUT2D eigenvalue weighted by molar-refractivity contribution is -0.384. The number of hydrogen-bond donors (Lipinski definition) is 2. The Morgan fingerprint density at radius 1 is 1.16 bits per heavy atom. The minimum Gasteiger partial charge on any atom is -0.378 e. The summed E-state index contributed by atoms with van der Waals surface area (Å²) in [5.41, 5.74) is 1.64. The molecule has 0 aliphatic carbocycles. The Kier molecular flexibility index (Phi) is 5.75. The molecule has 0 atom stereocenters. The Morgan fingerprint density at radius 2 is 1.91 bits per heavy atom. The first kappa shape index (κ1) is 20.9. The second kappa shape index (κ2) is 8.80. The van der Waals surface area contributed by atoms with Crippen LogP contribution in [-0.2, 0) is 0 Å². The number of anilines is 1. The highest BCUT2D eigenvalue weighted by Gasteiger charge is 2.20. The molecule has 4 rings (SSSR count). The lowest BCUT2D eigenvalue weighted by Crippen LogP contribution is -2.29. The maximum Gasteiger partial charge on any atom is 0.292 e. The Hall–Kier alpha value is -4.34. The number of nitro benzene ring substituents is 1. The van der Waals surface area contributed by atoms with E-state index in [4.69, 9.17) is 4.52 Å². The number of hydrogen-bond acceptors (Lipinski definition) is 7. The van der Waals surface area contributed by atoms with Crippen LogP contribution in [0.5, 0.6) is 0 Å². The summed E-state index contributed by atoms with van der Waals surface area (Å²) < 4.78 is 19.5. The highest BCUT2D eigenvalue weighted by molar-refractivity contribution is 6.07. The minimum atomic E-state index is -0.479. The molecule has 10 heteroatoms. The summed E-state index contributed by atoms with van der Waals surface area (Å²) in [4.78, 5) is 27.9. The largest absolute Gasteiger partial charge is 0.378 e. The van der Waals surface area contributed by atoms with Crippen molar-refractivity contribution in [1.29, 1.82) is 0 Å². The SMILES string of the molecule is Cc1noc2nc(-c3ccccc3F)cc(C(=O)NCCNc3ccccc3[N+](=O)[O-])c12. The smallest absolute Gasteiger partial charge is 0.292 e. The number of nitrogens with one attached hydrogen (secondary N) is 2. The molecule has 0 aliphatic rings. The minimum absolute atomic E-state index is 0.0516. The zero-order chi connectivity index (χ0) is 22.7. The van der Waals surface area contributed by atoms with Gasteiger partial charge in [0.1, 0.15) is 11.5 Å². The Balaban J connectivity index is 1.54. The van der Waals surface area contributed by atoms with Gasteiger partial charge in [0.2, 0.25) is 0 Å². The highest BCUT2D eigenvalue weighted by atomic mass is 19.1. The zero-order valence-corrected chi connectivity index (χ0v) is 17.0. The molecule has 9 nitrogen and oxygen atoms in total. The third-order valence-corrected chi connectivity index (χ3v) is 4.84. The van der Waals surface area contributed by atoms with Crippen LogP contribution in [0.15, 0.2) is 59.1 Å². The first-order valence-electron chi connectivity index (χ1n) is 9.73. The van der Waals surface area contributed by atoms with Gasteiger partial charge in [-0.3, -0.25) is 14.9 Å². The number of nitrogens with zero attached hydrogens (tertiary/aromatic N) is 3. The fraction of sp³-hybridized carbons (Fsp3) is 0.136. The van der Waals surface area contributed by atoms with Crippen LogP contribution >= 0.6 is 0 Å². The van der Waals surface area contributed by atoms with Gasteiger partial charge < -0.3 is 15.2 Å². The number of carbonyl (C=O) groups excluding carboxylic acids is 1.